The molecule has 2 aromatic carbocycles. The third kappa shape index (κ3) is 3.05. The lowest BCUT2D eigenvalue weighted by molar-refractivity contribution is 0.103. The van der Waals surface area contributed by atoms with E-state index < -0.39 is 17.4 Å². The molecular weight excluding hydrogens is 346 g/mol. The van der Waals surface area contributed by atoms with E-state index in [9.17, 15) is 13.6 Å². The van der Waals surface area contributed by atoms with Crippen molar-refractivity contribution in [1.82, 2.24) is 0 Å². The van der Waals surface area contributed by atoms with Gasteiger partial charge in [-0.05, 0) is 34.1 Å². The van der Waals surface area contributed by atoms with Crippen LogP contribution < -0.4 is 9.47 Å². The lowest BCUT2D eigenvalue weighted by Gasteiger charge is -2.10. The fraction of sp³-hybridized carbons (Fsp3) is 0.133. The van der Waals surface area contributed by atoms with Gasteiger partial charge in [0.1, 0.15) is 23.1 Å². The van der Waals surface area contributed by atoms with Crippen molar-refractivity contribution >= 4 is 21.7 Å². The summed E-state index contributed by atoms with van der Waals surface area (Å²) < 4.78 is 37.4. The van der Waals surface area contributed by atoms with E-state index in [4.69, 9.17) is 9.47 Å². The van der Waals surface area contributed by atoms with Gasteiger partial charge in [-0.25, -0.2) is 8.78 Å². The third-order valence-electron chi connectivity index (χ3n) is 2.91. The summed E-state index contributed by atoms with van der Waals surface area (Å²) >= 11 is 3.00. The highest BCUT2D eigenvalue weighted by Gasteiger charge is 2.20. The standard InChI is InChI=1S/C15H11BrF2O3/c1-20-8-3-4-9(12(17)5-8)15(19)10-6-11(16)13(18)7-14(10)21-2/h3-7H,1-2H3. The molecule has 0 aromatic heterocycles. The number of halogens is 3. The maximum absolute atomic E-state index is 14.0. The van der Waals surface area contributed by atoms with E-state index in [0.717, 1.165) is 12.1 Å². The maximum Gasteiger partial charge on any atom is 0.199 e. The summed E-state index contributed by atoms with van der Waals surface area (Å²) in [6, 6.07) is 6.23. The summed E-state index contributed by atoms with van der Waals surface area (Å²) in [4.78, 5) is 12.4. The molecule has 0 amide bonds. The highest BCUT2D eigenvalue weighted by atomic mass is 79.9. The molecule has 0 radical (unpaired) electrons. The van der Waals surface area contributed by atoms with Gasteiger partial charge in [0.05, 0.1) is 29.8 Å². The summed E-state index contributed by atoms with van der Waals surface area (Å²) in [7, 11) is 2.71. The minimum Gasteiger partial charge on any atom is -0.497 e. The van der Waals surface area contributed by atoms with Gasteiger partial charge in [-0.3, -0.25) is 4.79 Å². The molecule has 0 aliphatic heterocycles. The number of hydrogen-bond donors (Lipinski definition) is 0. The van der Waals surface area contributed by atoms with Crippen molar-refractivity contribution in [2.45, 2.75) is 0 Å². The molecular formula is C15H11BrF2O3. The summed E-state index contributed by atoms with van der Waals surface area (Å²) in [5, 5.41) is 0. The molecule has 0 aliphatic rings. The smallest absolute Gasteiger partial charge is 0.199 e. The van der Waals surface area contributed by atoms with Crippen molar-refractivity contribution in [2.24, 2.45) is 0 Å². The van der Waals surface area contributed by atoms with Crippen LogP contribution in [0.25, 0.3) is 0 Å². The van der Waals surface area contributed by atoms with Crippen LogP contribution in [0.1, 0.15) is 15.9 Å². The van der Waals surface area contributed by atoms with Crippen LogP contribution in [0.4, 0.5) is 8.78 Å². The van der Waals surface area contributed by atoms with Crippen LogP contribution in [-0.2, 0) is 0 Å². The molecule has 0 spiro atoms. The lowest BCUT2D eigenvalue weighted by Crippen LogP contribution is -2.07. The summed E-state index contributed by atoms with van der Waals surface area (Å²) in [5.41, 5.74) is -0.0811. The molecule has 0 bridgehead atoms. The van der Waals surface area contributed by atoms with E-state index in [-0.39, 0.29) is 21.3 Å². The average molecular weight is 357 g/mol. The Kier molecular flexibility index (Phi) is 4.57. The minimum atomic E-state index is -0.721. The first-order valence-corrected chi connectivity index (χ1v) is 6.68. The van der Waals surface area contributed by atoms with Crippen LogP contribution in [0, 0.1) is 11.6 Å². The van der Waals surface area contributed by atoms with Crippen molar-refractivity contribution in [3.8, 4) is 11.5 Å². The molecule has 0 saturated carbocycles. The highest BCUT2D eigenvalue weighted by molar-refractivity contribution is 9.10. The number of hydrogen-bond acceptors (Lipinski definition) is 3. The van der Waals surface area contributed by atoms with Gasteiger partial charge in [0.25, 0.3) is 0 Å². The molecule has 21 heavy (non-hydrogen) atoms. The van der Waals surface area contributed by atoms with Crippen molar-refractivity contribution in [3.05, 3.63) is 57.6 Å². The Bertz CT molecular complexity index is 702. The van der Waals surface area contributed by atoms with Gasteiger partial charge in [-0.15, -0.1) is 0 Å². The summed E-state index contributed by atoms with van der Waals surface area (Å²) in [6.45, 7) is 0. The van der Waals surface area contributed by atoms with Crippen molar-refractivity contribution in [1.29, 1.82) is 0 Å². The second kappa shape index (κ2) is 6.22. The number of benzene rings is 2. The first-order chi connectivity index (χ1) is 9.97. The molecule has 0 unspecified atom stereocenters. The van der Waals surface area contributed by atoms with Gasteiger partial charge in [-0.1, -0.05) is 0 Å². The molecule has 0 atom stereocenters. The summed E-state index contributed by atoms with van der Waals surface area (Å²) in [5.74, 6) is -1.56. The predicted octanol–water partition coefficient (Wildman–Crippen LogP) is 3.98. The first kappa shape index (κ1) is 15.4. The minimum absolute atomic E-state index is 0.0379. The van der Waals surface area contributed by atoms with Gasteiger partial charge in [0.15, 0.2) is 5.78 Å². The van der Waals surface area contributed by atoms with Crippen molar-refractivity contribution < 1.29 is 23.0 Å². The Labute approximate surface area is 128 Å². The van der Waals surface area contributed by atoms with E-state index in [1.54, 1.807) is 0 Å². The molecule has 0 fully saturated rings. The Morgan fingerprint density at radius 2 is 1.71 bits per heavy atom. The number of methoxy groups -OCH3 is 2. The molecule has 0 aliphatic carbocycles. The highest BCUT2D eigenvalue weighted by Crippen LogP contribution is 2.29. The molecule has 0 heterocycles. The van der Waals surface area contributed by atoms with Gasteiger partial charge >= 0.3 is 0 Å². The maximum atomic E-state index is 14.0. The molecule has 0 N–H and O–H groups in total. The summed E-state index contributed by atoms with van der Waals surface area (Å²) in [6.07, 6.45) is 0. The normalized spacial score (nSPS) is 10.3. The van der Waals surface area contributed by atoms with Crippen LogP contribution >= 0.6 is 15.9 Å². The van der Waals surface area contributed by atoms with Gasteiger partial charge in [0, 0.05) is 12.1 Å². The zero-order valence-corrected chi connectivity index (χ0v) is 12.8. The fourth-order valence-electron chi connectivity index (χ4n) is 1.83. The fourth-order valence-corrected chi connectivity index (χ4v) is 2.17. The number of rotatable bonds is 4. The van der Waals surface area contributed by atoms with Crippen LogP contribution in [-0.4, -0.2) is 20.0 Å². The number of carbonyl (C=O) groups excluding carboxylic acids is 1. The second-order valence-electron chi connectivity index (χ2n) is 4.14. The van der Waals surface area contributed by atoms with Crippen LogP contribution in [0.5, 0.6) is 11.5 Å². The number of carbonyl (C=O) groups is 1. The second-order valence-corrected chi connectivity index (χ2v) is 5.00. The molecule has 6 heteroatoms. The Hall–Kier alpha value is -1.95. The van der Waals surface area contributed by atoms with Crippen molar-refractivity contribution in [3.63, 3.8) is 0 Å². The van der Waals surface area contributed by atoms with Crippen molar-refractivity contribution in [2.75, 3.05) is 14.2 Å². The Balaban J connectivity index is 2.52. The zero-order chi connectivity index (χ0) is 15.6. The van der Waals surface area contributed by atoms with E-state index in [1.807, 2.05) is 0 Å². The number of ether oxygens (including phenoxy) is 2. The van der Waals surface area contributed by atoms with Gasteiger partial charge in [0.2, 0.25) is 0 Å². The predicted molar refractivity (Wildman–Crippen MR) is 77.0 cm³/mol. The van der Waals surface area contributed by atoms with Gasteiger partial charge < -0.3 is 9.47 Å². The first-order valence-electron chi connectivity index (χ1n) is 5.89. The average Bonchev–Trinajstić information content (AvgIpc) is 2.48. The SMILES string of the molecule is COc1ccc(C(=O)c2cc(Br)c(F)cc2OC)c(F)c1. The Morgan fingerprint density at radius 3 is 2.29 bits per heavy atom. The van der Waals surface area contributed by atoms with E-state index in [2.05, 4.69) is 15.9 Å². The van der Waals surface area contributed by atoms with E-state index in [0.29, 0.717) is 5.75 Å². The molecule has 2 rings (SSSR count). The largest absolute Gasteiger partial charge is 0.497 e. The molecule has 0 saturated heterocycles. The molecule has 110 valence electrons. The zero-order valence-electron chi connectivity index (χ0n) is 11.2. The quantitative estimate of drug-likeness (QED) is 0.777. The Morgan fingerprint density at radius 1 is 1.00 bits per heavy atom. The number of ketones is 1. The third-order valence-corrected chi connectivity index (χ3v) is 3.52. The van der Waals surface area contributed by atoms with Crippen LogP contribution in [0.3, 0.4) is 0 Å². The monoisotopic (exact) mass is 356 g/mol. The van der Waals surface area contributed by atoms with Gasteiger partial charge in [-0.2, -0.15) is 0 Å². The topological polar surface area (TPSA) is 35.5 Å². The van der Waals surface area contributed by atoms with E-state index in [1.165, 1.54) is 32.4 Å². The van der Waals surface area contributed by atoms with Crippen LogP contribution in [0.2, 0.25) is 0 Å². The molecule has 2 aromatic rings. The van der Waals surface area contributed by atoms with Crippen LogP contribution in [0.15, 0.2) is 34.8 Å². The molecule has 3 nitrogen and oxygen atoms in total. The lowest BCUT2D eigenvalue weighted by atomic mass is 10.0. The van der Waals surface area contributed by atoms with E-state index >= 15 is 0 Å².